The predicted molar refractivity (Wildman–Crippen MR) is 56.2 cm³/mol. The second-order valence-corrected chi connectivity index (χ2v) is 7.76. The van der Waals surface area contributed by atoms with Gasteiger partial charge in [0.1, 0.15) is 0 Å². The van der Waals surface area contributed by atoms with Crippen LogP contribution in [0.1, 0.15) is 13.8 Å². The molecular weight excluding hydrogens is 200 g/mol. The summed E-state index contributed by atoms with van der Waals surface area (Å²) in [5.41, 5.74) is -0.614. The van der Waals surface area contributed by atoms with Crippen LogP contribution < -0.4 is 0 Å². The number of rotatable bonds is 5. The summed E-state index contributed by atoms with van der Waals surface area (Å²) in [5, 5.41) is 0. The fraction of sp³-hybridized carbons (Fsp3) is 0.889. The molecular formula is C9H20O4Si. The fourth-order valence-electron chi connectivity index (χ4n) is 0.748. The molecule has 0 aromatic heterocycles. The Balaban J connectivity index is 4.18. The zero-order chi connectivity index (χ0) is 11.4. The van der Waals surface area contributed by atoms with E-state index in [1.165, 1.54) is 7.11 Å². The molecule has 14 heavy (non-hydrogen) atoms. The van der Waals surface area contributed by atoms with Crippen molar-refractivity contribution in [2.24, 2.45) is 5.41 Å². The lowest BCUT2D eigenvalue weighted by atomic mass is 9.95. The highest BCUT2D eigenvalue weighted by Gasteiger charge is 2.33. The largest absolute Gasteiger partial charge is 0.469 e. The number of ether oxygens (including phenoxy) is 1. The number of carbonyl (C=O) groups excluding carboxylic acids is 1. The highest BCUT2D eigenvalue weighted by molar-refractivity contribution is 6.64. The minimum absolute atomic E-state index is 0.265. The van der Waals surface area contributed by atoms with Crippen molar-refractivity contribution in [3.63, 3.8) is 0 Å². The van der Waals surface area contributed by atoms with Crippen molar-refractivity contribution in [3.8, 4) is 0 Å². The molecule has 0 heterocycles. The Morgan fingerprint density at radius 3 is 2.14 bits per heavy atom. The lowest BCUT2D eigenvalue weighted by Gasteiger charge is -2.27. The summed E-state index contributed by atoms with van der Waals surface area (Å²) in [7, 11) is 0.947. The second-order valence-electron chi connectivity index (χ2n) is 4.27. The molecule has 0 aromatic rings. The number of esters is 1. The van der Waals surface area contributed by atoms with Crippen LogP contribution in [0, 0.1) is 5.41 Å². The van der Waals surface area contributed by atoms with E-state index in [0.717, 1.165) is 0 Å². The molecule has 0 amide bonds. The molecule has 4 nitrogen and oxygen atoms in total. The Kier molecular flexibility index (Phi) is 4.77. The van der Waals surface area contributed by atoms with Crippen molar-refractivity contribution in [1.82, 2.24) is 0 Å². The summed E-state index contributed by atoms with van der Waals surface area (Å²) in [6.45, 7) is 7.77. The Hall–Kier alpha value is -0.393. The van der Waals surface area contributed by atoms with Crippen LogP contribution in [0.5, 0.6) is 0 Å². The van der Waals surface area contributed by atoms with E-state index >= 15 is 0 Å². The van der Waals surface area contributed by atoms with Gasteiger partial charge in [-0.15, -0.1) is 0 Å². The standard InChI is InChI=1S/C9H20O4Si/c1-9(2,8(10)11-3)7-13-14(5,6)12-4/h7H2,1-6H3. The normalized spacial score (nSPS) is 12.7. The van der Waals surface area contributed by atoms with Crippen molar-refractivity contribution in [3.05, 3.63) is 0 Å². The summed E-state index contributed by atoms with van der Waals surface area (Å²) in [5.74, 6) is -0.265. The van der Waals surface area contributed by atoms with Crippen molar-refractivity contribution >= 4 is 14.5 Å². The number of hydrogen-bond acceptors (Lipinski definition) is 4. The summed E-state index contributed by atoms with van der Waals surface area (Å²) in [6.07, 6.45) is 0. The Bertz CT molecular complexity index is 201. The lowest BCUT2D eigenvalue weighted by molar-refractivity contribution is -0.152. The average molecular weight is 220 g/mol. The van der Waals surface area contributed by atoms with E-state index in [1.54, 1.807) is 21.0 Å². The second kappa shape index (κ2) is 4.91. The number of methoxy groups -OCH3 is 1. The van der Waals surface area contributed by atoms with Gasteiger partial charge in [0.05, 0.1) is 19.1 Å². The highest BCUT2D eigenvalue weighted by atomic mass is 28.4. The summed E-state index contributed by atoms with van der Waals surface area (Å²) in [4.78, 5) is 11.3. The third kappa shape index (κ3) is 4.21. The molecule has 0 aliphatic heterocycles. The predicted octanol–water partition coefficient (Wildman–Crippen LogP) is 1.55. The first kappa shape index (κ1) is 13.6. The van der Waals surface area contributed by atoms with Gasteiger partial charge >= 0.3 is 14.5 Å². The topological polar surface area (TPSA) is 44.8 Å². The Morgan fingerprint density at radius 2 is 1.79 bits per heavy atom. The van der Waals surface area contributed by atoms with Gasteiger partial charge in [0.2, 0.25) is 0 Å². The number of hydrogen-bond donors (Lipinski definition) is 0. The van der Waals surface area contributed by atoms with Gasteiger partial charge in [-0.25, -0.2) is 0 Å². The molecule has 0 aliphatic carbocycles. The molecule has 0 aliphatic rings. The zero-order valence-electron chi connectivity index (χ0n) is 9.84. The molecule has 0 fully saturated rings. The maximum absolute atomic E-state index is 11.3. The van der Waals surface area contributed by atoms with Gasteiger partial charge in [-0.05, 0) is 26.9 Å². The molecule has 0 radical (unpaired) electrons. The van der Waals surface area contributed by atoms with Crippen molar-refractivity contribution < 1.29 is 18.4 Å². The van der Waals surface area contributed by atoms with E-state index in [1.807, 2.05) is 13.1 Å². The van der Waals surface area contributed by atoms with Gasteiger partial charge in [0, 0.05) is 7.11 Å². The van der Waals surface area contributed by atoms with E-state index in [4.69, 9.17) is 8.85 Å². The van der Waals surface area contributed by atoms with Crippen molar-refractivity contribution in [1.29, 1.82) is 0 Å². The van der Waals surface area contributed by atoms with Crippen molar-refractivity contribution in [2.45, 2.75) is 26.9 Å². The van der Waals surface area contributed by atoms with Crippen LogP contribution in [0.15, 0.2) is 0 Å². The third-order valence-corrected chi connectivity index (χ3v) is 3.83. The molecule has 0 spiro atoms. The van der Waals surface area contributed by atoms with Gasteiger partial charge in [-0.2, -0.15) is 0 Å². The zero-order valence-corrected chi connectivity index (χ0v) is 10.8. The first-order chi connectivity index (χ1) is 6.25. The molecule has 0 atom stereocenters. The maximum atomic E-state index is 11.3. The van der Waals surface area contributed by atoms with Gasteiger partial charge in [-0.3, -0.25) is 4.79 Å². The van der Waals surface area contributed by atoms with E-state index in [0.29, 0.717) is 6.61 Å². The average Bonchev–Trinajstić information content (AvgIpc) is 2.14. The van der Waals surface area contributed by atoms with E-state index in [-0.39, 0.29) is 5.97 Å². The van der Waals surface area contributed by atoms with Gasteiger partial charge < -0.3 is 13.6 Å². The highest BCUT2D eigenvalue weighted by Crippen LogP contribution is 2.20. The van der Waals surface area contributed by atoms with Crippen LogP contribution in [0.4, 0.5) is 0 Å². The first-order valence-electron chi connectivity index (χ1n) is 4.53. The fourth-order valence-corrected chi connectivity index (χ4v) is 1.57. The van der Waals surface area contributed by atoms with Crippen molar-refractivity contribution in [2.75, 3.05) is 20.8 Å². The Labute approximate surface area is 86.8 Å². The molecule has 0 unspecified atom stereocenters. The Morgan fingerprint density at radius 1 is 1.29 bits per heavy atom. The quantitative estimate of drug-likeness (QED) is 0.521. The minimum Gasteiger partial charge on any atom is -0.469 e. The number of carbonyl (C=O) groups is 1. The molecule has 0 saturated carbocycles. The van der Waals surface area contributed by atoms with Gasteiger partial charge in [0.15, 0.2) is 0 Å². The molecule has 0 saturated heterocycles. The summed E-state index contributed by atoms with van der Waals surface area (Å²) in [6, 6.07) is 0. The van der Waals surface area contributed by atoms with Crippen LogP contribution >= 0.6 is 0 Å². The first-order valence-corrected chi connectivity index (χ1v) is 7.34. The maximum Gasteiger partial charge on any atom is 0.331 e. The minimum atomic E-state index is -2.05. The third-order valence-electron chi connectivity index (χ3n) is 2.01. The molecule has 5 heteroatoms. The molecule has 0 rings (SSSR count). The molecule has 0 N–H and O–H groups in total. The monoisotopic (exact) mass is 220 g/mol. The summed E-state index contributed by atoms with van der Waals surface area (Å²) >= 11 is 0. The smallest absolute Gasteiger partial charge is 0.331 e. The van der Waals surface area contributed by atoms with Crippen LogP contribution in [0.25, 0.3) is 0 Å². The van der Waals surface area contributed by atoms with E-state index < -0.39 is 14.0 Å². The van der Waals surface area contributed by atoms with E-state index in [9.17, 15) is 4.79 Å². The summed E-state index contributed by atoms with van der Waals surface area (Å²) < 4.78 is 15.5. The van der Waals surface area contributed by atoms with Gasteiger partial charge in [0.25, 0.3) is 0 Å². The van der Waals surface area contributed by atoms with Crippen LogP contribution in [-0.4, -0.2) is 35.4 Å². The molecule has 0 aromatic carbocycles. The SMILES string of the molecule is COC(=O)C(C)(C)CO[Si](C)(C)OC. The van der Waals surface area contributed by atoms with Crippen LogP contribution in [0.2, 0.25) is 13.1 Å². The van der Waals surface area contributed by atoms with Crippen LogP contribution in [0.3, 0.4) is 0 Å². The van der Waals surface area contributed by atoms with Crippen LogP contribution in [-0.2, 0) is 18.4 Å². The molecule has 0 bridgehead atoms. The van der Waals surface area contributed by atoms with E-state index in [2.05, 4.69) is 4.74 Å². The van der Waals surface area contributed by atoms with Gasteiger partial charge in [-0.1, -0.05) is 0 Å². The molecule has 84 valence electrons. The lowest BCUT2D eigenvalue weighted by Crippen LogP contribution is -2.40.